The van der Waals surface area contributed by atoms with Crippen LogP contribution in [0.1, 0.15) is 54.3 Å². The molecule has 1 aromatic heterocycles. The van der Waals surface area contributed by atoms with Gasteiger partial charge in [-0.15, -0.1) is 0 Å². The van der Waals surface area contributed by atoms with Crippen LogP contribution in [0.4, 0.5) is 4.39 Å². The minimum absolute atomic E-state index is 0.0500. The van der Waals surface area contributed by atoms with Gasteiger partial charge in [-0.1, -0.05) is 35.3 Å². The van der Waals surface area contributed by atoms with Gasteiger partial charge < -0.3 is 9.47 Å². The van der Waals surface area contributed by atoms with E-state index in [-0.39, 0.29) is 40.5 Å². The fourth-order valence-corrected chi connectivity index (χ4v) is 5.98. The summed E-state index contributed by atoms with van der Waals surface area (Å²) in [5, 5.41) is 0.631. The molecule has 1 amide bonds. The Hall–Kier alpha value is -2.42. The summed E-state index contributed by atoms with van der Waals surface area (Å²) < 4.78 is 41.3. The fraction of sp³-hybridized carbons (Fsp3) is 0.333. The molecule has 1 heterocycles. The number of carbonyl (C=O) groups excluding carboxylic acids is 1. The second-order valence-electron chi connectivity index (χ2n) is 8.67. The summed E-state index contributed by atoms with van der Waals surface area (Å²) in [5.74, 6) is -0.976. The minimum Gasteiger partial charge on any atom is -0.330 e. The molecular formula is C24H24Cl2FN3O3S. The summed E-state index contributed by atoms with van der Waals surface area (Å²) >= 11 is 12.3. The molecular weight excluding hydrogens is 500 g/mol. The van der Waals surface area contributed by atoms with E-state index in [0.29, 0.717) is 21.8 Å². The Bertz CT molecular complexity index is 1320. The molecule has 1 saturated carbocycles. The highest BCUT2D eigenvalue weighted by Gasteiger charge is 2.35. The molecule has 0 N–H and O–H groups in total. The van der Waals surface area contributed by atoms with Gasteiger partial charge in [0, 0.05) is 17.1 Å². The minimum atomic E-state index is -3.82. The van der Waals surface area contributed by atoms with Crippen LogP contribution < -0.4 is 0 Å². The van der Waals surface area contributed by atoms with E-state index in [1.54, 1.807) is 21.6 Å². The Morgan fingerprint density at radius 3 is 2.44 bits per heavy atom. The number of halogens is 3. The van der Waals surface area contributed by atoms with Crippen LogP contribution in [-0.4, -0.2) is 34.8 Å². The normalized spacial score (nSPS) is 13.9. The zero-order chi connectivity index (χ0) is 24.6. The van der Waals surface area contributed by atoms with Gasteiger partial charge in [-0.2, -0.15) is 0 Å². The zero-order valence-corrected chi connectivity index (χ0v) is 21.0. The van der Waals surface area contributed by atoms with Crippen molar-refractivity contribution in [2.45, 2.75) is 56.2 Å². The van der Waals surface area contributed by atoms with Crippen molar-refractivity contribution in [3.8, 4) is 0 Å². The predicted octanol–water partition coefficient (Wildman–Crippen LogP) is 5.69. The first kappa shape index (κ1) is 24.7. The molecule has 0 bridgehead atoms. The number of benzene rings is 2. The van der Waals surface area contributed by atoms with Gasteiger partial charge in [0.2, 0.25) is 15.0 Å². The molecule has 180 valence electrons. The Kier molecular flexibility index (Phi) is 7.03. The van der Waals surface area contributed by atoms with Gasteiger partial charge >= 0.3 is 0 Å². The van der Waals surface area contributed by atoms with Gasteiger partial charge in [0.1, 0.15) is 5.82 Å². The van der Waals surface area contributed by atoms with E-state index in [1.165, 1.54) is 36.5 Å². The highest BCUT2D eigenvalue weighted by Crippen LogP contribution is 2.33. The van der Waals surface area contributed by atoms with Crippen LogP contribution in [0, 0.1) is 5.82 Å². The first-order valence-corrected chi connectivity index (χ1v) is 13.3. The molecule has 0 spiro atoms. The first-order valence-electron chi connectivity index (χ1n) is 10.9. The van der Waals surface area contributed by atoms with Gasteiger partial charge in [-0.3, -0.25) is 4.79 Å². The maximum Gasteiger partial charge on any atom is 0.255 e. The lowest BCUT2D eigenvalue weighted by Crippen LogP contribution is -2.34. The Morgan fingerprint density at radius 1 is 1.18 bits per heavy atom. The van der Waals surface area contributed by atoms with E-state index in [1.807, 2.05) is 13.8 Å². The van der Waals surface area contributed by atoms with Crippen molar-refractivity contribution in [3.63, 3.8) is 0 Å². The lowest BCUT2D eigenvalue weighted by atomic mass is 10.2. The molecule has 4 rings (SSSR count). The van der Waals surface area contributed by atoms with Gasteiger partial charge in [-0.25, -0.2) is 17.8 Å². The molecule has 6 nitrogen and oxygen atoms in total. The second kappa shape index (κ2) is 9.68. The summed E-state index contributed by atoms with van der Waals surface area (Å²) in [6.45, 7) is 3.92. The third kappa shape index (κ3) is 5.29. The van der Waals surface area contributed by atoms with Crippen LogP contribution in [0.3, 0.4) is 0 Å². The van der Waals surface area contributed by atoms with Crippen molar-refractivity contribution in [3.05, 3.63) is 81.3 Å². The third-order valence-corrected chi connectivity index (χ3v) is 7.77. The van der Waals surface area contributed by atoms with E-state index in [0.717, 1.165) is 12.8 Å². The van der Waals surface area contributed by atoms with Crippen molar-refractivity contribution in [1.29, 1.82) is 0 Å². The molecule has 2 aromatic carbocycles. The monoisotopic (exact) mass is 523 g/mol. The number of nitrogens with zero attached hydrogens (tertiary/aromatic N) is 3. The highest BCUT2D eigenvalue weighted by molar-refractivity contribution is 7.90. The Morgan fingerprint density at radius 2 is 1.85 bits per heavy atom. The lowest BCUT2D eigenvalue weighted by molar-refractivity contribution is 0.0725. The van der Waals surface area contributed by atoms with E-state index >= 15 is 0 Å². The fourth-order valence-electron chi connectivity index (χ4n) is 3.89. The third-order valence-electron chi connectivity index (χ3n) is 5.65. The molecule has 0 unspecified atom stereocenters. The first-order chi connectivity index (χ1) is 16.1. The lowest BCUT2D eigenvalue weighted by Gasteiger charge is -2.25. The van der Waals surface area contributed by atoms with Crippen LogP contribution >= 0.6 is 23.2 Å². The summed E-state index contributed by atoms with van der Waals surface area (Å²) in [7, 11) is -3.82. The summed E-state index contributed by atoms with van der Waals surface area (Å²) in [6.07, 6.45) is 3.23. The average Bonchev–Trinajstić information content (AvgIpc) is 3.51. The number of hydrogen-bond acceptors (Lipinski definition) is 4. The van der Waals surface area contributed by atoms with Gasteiger partial charge in [0.25, 0.3) is 5.91 Å². The molecule has 1 aliphatic carbocycles. The quantitative estimate of drug-likeness (QED) is 0.380. The Balaban J connectivity index is 1.65. The van der Waals surface area contributed by atoms with E-state index in [4.69, 9.17) is 23.2 Å². The van der Waals surface area contributed by atoms with Crippen LogP contribution in [0.15, 0.2) is 53.8 Å². The molecule has 3 aromatic rings. The maximum absolute atomic E-state index is 13.3. The molecule has 10 heteroatoms. The maximum atomic E-state index is 13.3. The summed E-state index contributed by atoms with van der Waals surface area (Å²) in [4.78, 5) is 19.3. The number of rotatable bonds is 8. The number of imidazole rings is 1. The van der Waals surface area contributed by atoms with E-state index in [2.05, 4.69) is 4.98 Å². The molecule has 0 aliphatic heterocycles. The van der Waals surface area contributed by atoms with Crippen molar-refractivity contribution in [1.82, 2.24) is 14.5 Å². The van der Waals surface area contributed by atoms with Gasteiger partial charge in [-0.05, 0) is 62.6 Å². The van der Waals surface area contributed by atoms with Crippen LogP contribution in [-0.2, 0) is 22.1 Å². The molecule has 0 radical (unpaired) electrons. The van der Waals surface area contributed by atoms with Crippen LogP contribution in [0.2, 0.25) is 10.0 Å². The van der Waals surface area contributed by atoms with Crippen LogP contribution in [0.5, 0.6) is 0 Å². The SMILES string of the molecule is CC(C)n1c(CN(C(=O)c2ccc(Cl)cc2Cl)C2CC2)cnc1S(=O)(=O)Cc1ccc(F)cc1. The van der Waals surface area contributed by atoms with Crippen molar-refractivity contribution >= 4 is 38.9 Å². The number of sulfone groups is 1. The number of amides is 1. The standard InChI is InChI=1S/C24H24Cl2FN3O3S/c1-15(2)30-20(12-28-24(30)34(32,33)14-16-3-6-18(27)7-4-16)13-29(19-8-9-19)23(31)21-10-5-17(25)11-22(21)26/h3-7,10-12,15,19H,8-9,13-14H2,1-2H3. The molecule has 1 aliphatic rings. The Labute approximate surface area is 208 Å². The summed E-state index contributed by atoms with van der Waals surface area (Å²) in [5.41, 5.74) is 1.42. The van der Waals surface area contributed by atoms with Gasteiger partial charge in [0.05, 0.1) is 34.8 Å². The van der Waals surface area contributed by atoms with E-state index in [9.17, 15) is 17.6 Å². The highest BCUT2D eigenvalue weighted by atomic mass is 35.5. The number of hydrogen-bond donors (Lipinski definition) is 0. The molecule has 0 saturated heterocycles. The zero-order valence-electron chi connectivity index (χ0n) is 18.7. The molecule has 1 fully saturated rings. The van der Waals surface area contributed by atoms with Crippen LogP contribution in [0.25, 0.3) is 0 Å². The predicted molar refractivity (Wildman–Crippen MR) is 129 cm³/mol. The van der Waals surface area contributed by atoms with Gasteiger partial charge in [0.15, 0.2) is 0 Å². The largest absolute Gasteiger partial charge is 0.330 e. The second-order valence-corrected chi connectivity index (χ2v) is 11.4. The van der Waals surface area contributed by atoms with E-state index < -0.39 is 15.7 Å². The molecule has 0 atom stereocenters. The van der Waals surface area contributed by atoms with Crippen molar-refractivity contribution < 1.29 is 17.6 Å². The topological polar surface area (TPSA) is 72.3 Å². The average molecular weight is 524 g/mol. The smallest absolute Gasteiger partial charge is 0.255 e. The molecule has 34 heavy (non-hydrogen) atoms. The number of aromatic nitrogens is 2. The van der Waals surface area contributed by atoms with Crippen molar-refractivity contribution in [2.24, 2.45) is 0 Å². The summed E-state index contributed by atoms with van der Waals surface area (Å²) in [6, 6.07) is 9.92. The van der Waals surface area contributed by atoms with Crippen molar-refractivity contribution in [2.75, 3.05) is 0 Å². The number of carbonyl (C=O) groups is 1.